The molecule has 7 heteroatoms. The van der Waals surface area contributed by atoms with E-state index in [-0.39, 0.29) is 18.0 Å². The zero-order chi connectivity index (χ0) is 14.8. The largest absolute Gasteiger partial charge is 0.322 e. The first-order valence-corrected chi connectivity index (χ1v) is 7.00. The highest BCUT2D eigenvalue weighted by molar-refractivity contribution is 5.90. The van der Waals surface area contributed by atoms with E-state index in [1.807, 2.05) is 0 Å². The van der Waals surface area contributed by atoms with Gasteiger partial charge in [0.2, 0.25) is 5.91 Å². The molecule has 0 bridgehead atoms. The molecule has 0 unspecified atom stereocenters. The summed E-state index contributed by atoms with van der Waals surface area (Å²) in [4.78, 5) is 24.0. The van der Waals surface area contributed by atoms with Crippen molar-refractivity contribution in [2.24, 2.45) is 7.05 Å². The predicted octanol–water partition coefficient (Wildman–Crippen LogP) is 0.494. The Hall–Kier alpha value is -2.44. The first-order valence-electron chi connectivity index (χ1n) is 7.00. The summed E-state index contributed by atoms with van der Waals surface area (Å²) in [6.45, 7) is -0.0823. The topological polar surface area (TPSA) is 81.8 Å². The molecule has 7 nitrogen and oxygen atoms in total. The van der Waals surface area contributed by atoms with Gasteiger partial charge in [0.1, 0.15) is 6.54 Å². The molecule has 0 aromatic carbocycles. The number of nitrogens with one attached hydrogen (secondary N) is 1. The molecule has 0 fully saturated rings. The molecule has 21 heavy (non-hydrogen) atoms. The molecule has 0 atom stereocenters. The average Bonchev–Trinajstić information content (AvgIpc) is 2.85. The number of nitrogens with zero attached hydrogens (tertiary/aromatic N) is 4. The lowest BCUT2D eigenvalue weighted by molar-refractivity contribution is -0.117. The fraction of sp³-hybridized carbons (Fsp3) is 0.429. The van der Waals surface area contributed by atoms with Crippen LogP contribution in [0.15, 0.2) is 23.3 Å². The highest BCUT2D eigenvalue weighted by Gasteiger charge is 2.14. The number of anilines is 1. The zero-order valence-electron chi connectivity index (χ0n) is 11.9. The van der Waals surface area contributed by atoms with Gasteiger partial charge in [0.15, 0.2) is 0 Å². The molecule has 2 aromatic rings. The molecule has 0 aliphatic heterocycles. The maximum atomic E-state index is 12.0. The molecule has 1 aliphatic rings. The van der Waals surface area contributed by atoms with Gasteiger partial charge in [-0.15, -0.1) is 0 Å². The third-order valence-electron chi connectivity index (χ3n) is 3.56. The number of carbonyl (C=O) groups is 1. The molecular formula is C14H17N5O2. The van der Waals surface area contributed by atoms with Crippen molar-refractivity contribution in [1.29, 1.82) is 0 Å². The van der Waals surface area contributed by atoms with E-state index in [0.29, 0.717) is 5.69 Å². The Morgan fingerprint density at radius 2 is 2.19 bits per heavy atom. The van der Waals surface area contributed by atoms with Gasteiger partial charge in [0, 0.05) is 19.3 Å². The first-order chi connectivity index (χ1) is 10.1. The van der Waals surface area contributed by atoms with E-state index in [2.05, 4.69) is 15.5 Å². The van der Waals surface area contributed by atoms with Crippen molar-refractivity contribution in [2.75, 3.05) is 5.32 Å². The second-order valence-electron chi connectivity index (χ2n) is 5.27. The lowest BCUT2D eigenvalue weighted by atomic mass is 9.97. The number of hydrogen-bond acceptors (Lipinski definition) is 4. The van der Waals surface area contributed by atoms with Crippen LogP contribution in [0.2, 0.25) is 0 Å². The normalized spacial score (nSPS) is 13.8. The Labute approximate surface area is 121 Å². The Balaban J connectivity index is 1.75. The zero-order valence-corrected chi connectivity index (χ0v) is 11.9. The lowest BCUT2D eigenvalue weighted by Crippen LogP contribution is -2.31. The molecule has 1 aliphatic carbocycles. The van der Waals surface area contributed by atoms with Crippen molar-refractivity contribution in [2.45, 2.75) is 32.2 Å². The number of rotatable bonds is 3. The summed E-state index contributed by atoms with van der Waals surface area (Å²) in [5.41, 5.74) is 2.34. The Kier molecular flexibility index (Phi) is 3.55. The Bertz CT molecular complexity index is 731. The van der Waals surface area contributed by atoms with Gasteiger partial charge in [0.25, 0.3) is 5.56 Å². The van der Waals surface area contributed by atoms with Gasteiger partial charge in [-0.05, 0) is 31.2 Å². The van der Waals surface area contributed by atoms with Crippen LogP contribution in [0, 0.1) is 0 Å². The van der Waals surface area contributed by atoms with Crippen LogP contribution >= 0.6 is 0 Å². The van der Waals surface area contributed by atoms with E-state index in [1.54, 1.807) is 30.2 Å². The van der Waals surface area contributed by atoms with Crippen LogP contribution in [0.25, 0.3) is 0 Å². The molecule has 0 saturated carbocycles. The van der Waals surface area contributed by atoms with Crippen LogP contribution in [-0.2, 0) is 31.2 Å². The van der Waals surface area contributed by atoms with Gasteiger partial charge >= 0.3 is 0 Å². The van der Waals surface area contributed by atoms with Crippen LogP contribution in [0.4, 0.5) is 5.69 Å². The van der Waals surface area contributed by atoms with Gasteiger partial charge in [-0.25, -0.2) is 4.68 Å². The lowest BCUT2D eigenvalue weighted by Gasteiger charge is -2.15. The molecule has 2 aromatic heterocycles. The van der Waals surface area contributed by atoms with Crippen molar-refractivity contribution in [3.05, 3.63) is 40.1 Å². The maximum Gasteiger partial charge on any atom is 0.267 e. The van der Waals surface area contributed by atoms with Crippen molar-refractivity contribution in [3.8, 4) is 0 Å². The summed E-state index contributed by atoms with van der Waals surface area (Å²) in [5.74, 6) is -0.284. The van der Waals surface area contributed by atoms with Gasteiger partial charge in [-0.1, -0.05) is 0 Å². The smallest absolute Gasteiger partial charge is 0.267 e. The molecule has 0 radical (unpaired) electrons. The number of aromatic nitrogens is 4. The number of fused-ring (bicyclic) bond motifs is 1. The highest BCUT2D eigenvalue weighted by atomic mass is 16.2. The molecule has 1 N–H and O–H groups in total. The predicted molar refractivity (Wildman–Crippen MR) is 77.0 cm³/mol. The average molecular weight is 287 g/mol. The van der Waals surface area contributed by atoms with Gasteiger partial charge in [-0.3, -0.25) is 14.3 Å². The molecule has 0 spiro atoms. The van der Waals surface area contributed by atoms with Crippen molar-refractivity contribution in [1.82, 2.24) is 19.6 Å². The van der Waals surface area contributed by atoms with E-state index in [0.717, 1.165) is 36.9 Å². The summed E-state index contributed by atoms with van der Waals surface area (Å²) in [7, 11) is 1.77. The minimum absolute atomic E-state index is 0.0823. The van der Waals surface area contributed by atoms with Crippen LogP contribution in [0.1, 0.15) is 24.1 Å². The van der Waals surface area contributed by atoms with E-state index >= 15 is 0 Å². The van der Waals surface area contributed by atoms with Crippen molar-refractivity contribution in [3.63, 3.8) is 0 Å². The van der Waals surface area contributed by atoms with Crippen LogP contribution < -0.4 is 10.9 Å². The van der Waals surface area contributed by atoms with E-state index in [9.17, 15) is 9.59 Å². The molecule has 3 rings (SSSR count). The van der Waals surface area contributed by atoms with Gasteiger partial charge in [0.05, 0.1) is 17.6 Å². The quantitative estimate of drug-likeness (QED) is 0.891. The molecule has 0 saturated heterocycles. The summed E-state index contributed by atoms with van der Waals surface area (Å²) < 4.78 is 2.83. The van der Waals surface area contributed by atoms with Crippen LogP contribution in [0.5, 0.6) is 0 Å². The number of hydrogen-bond donors (Lipinski definition) is 1. The number of carbonyl (C=O) groups excluding carboxylic acids is 1. The molecular weight excluding hydrogens is 270 g/mol. The summed E-state index contributed by atoms with van der Waals surface area (Å²) >= 11 is 0. The summed E-state index contributed by atoms with van der Waals surface area (Å²) in [5, 5.41) is 11.0. The second-order valence-corrected chi connectivity index (χ2v) is 5.27. The molecule has 110 valence electrons. The second kappa shape index (κ2) is 5.51. The van der Waals surface area contributed by atoms with E-state index < -0.39 is 0 Å². The number of amides is 1. The van der Waals surface area contributed by atoms with Crippen LogP contribution in [0.3, 0.4) is 0 Å². The van der Waals surface area contributed by atoms with Gasteiger partial charge in [-0.2, -0.15) is 10.2 Å². The fourth-order valence-corrected chi connectivity index (χ4v) is 2.54. The first kappa shape index (κ1) is 13.5. The molecule has 1 amide bonds. The van der Waals surface area contributed by atoms with Crippen molar-refractivity contribution >= 4 is 11.6 Å². The standard InChI is InChI=1S/C14H17N5O2/c1-18-8-11(7-15-18)16-13(20)9-19-14(21)6-10-4-2-3-5-12(10)17-19/h6-8H,2-5,9H2,1H3,(H,16,20). The van der Waals surface area contributed by atoms with E-state index in [4.69, 9.17) is 0 Å². The number of aryl methyl sites for hydroxylation is 3. The summed E-state index contributed by atoms with van der Waals surface area (Å²) in [6, 6.07) is 1.61. The fourth-order valence-electron chi connectivity index (χ4n) is 2.54. The minimum atomic E-state index is -0.284. The Morgan fingerprint density at radius 3 is 2.95 bits per heavy atom. The third kappa shape index (κ3) is 3.01. The molecule has 2 heterocycles. The third-order valence-corrected chi connectivity index (χ3v) is 3.56. The minimum Gasteiger partial charge on any atom is -0.322 e. The monoisotopic (exact) mass is 287 g/mol. The van der Waals surface area contributed by atoms with Crippen molar-refractivity contribution < 1.29 is 4.79 Å². The van der Waals surface area contributed by atoms with Crippen LogP contribution in [-0.4, -0.2) is 25.5 Å². The Morgan fingerprint density at radius 1 is 1.38 bits per heavy atom. The SMILES string of the molecule is Cn1cc(NC(=O)Cn2nc3c(cc2=O)CCCC3)cn1. The maximum absolute atomic E-state index is 12.0. The van der Waals surface area contributed by atoms with Gasteiger partial charge < -0.3 is 5.32 Å². The van der Waals surface area contributed by atoms with E-state index in [1.165, 1.54) is 4.68 Å². The summed E-state index contributed by atoms with van der Waals surface area (Å²) in [6.07, 6.45) is 7.21. The highest BCUT2D eigenvalue weighted by Crippen LogP contribution is 2.16.